The summed E-state index contributed by atoms with van der Waals surface area (Å²) in [6, 6.07) is 7.55. The fourth-order valence-electron chi connectivity index (χ4n) is 3.01. The third-order valence-corrected chi connectivity index (χ3v) is 5.53. The lowest BCUT2D eigenvalue weighted by Crippen LogP contribution is -2.36. The Bertz CT molecular complexity index is 1050. The Labute approximate surface area is 168 Å². The van der Waals surface area contributed by atoms with Gasteiger partial charge in [-0.2, -0.15) is 0 Å². The first kappa shape index (κ1) is 20.4. The van der Waals surface area contributed by atoms with E-state index >= 15 is 0 Å². The minimum absolute atomic E-state index is 0.0471. The van der Waals surface area contributed by atoms with Crippen molar-refractivity contribution in [1.82, 2.24) is 24.5 Å². The maximum absolute atomic E-state index is 13.0. The van der Waals surface area contributed by atoms with Gasteiger partial charge in [-0.3, -0.25) is 18.6 Å². The van der Waals surface area contributed by atoms with E-state index in [1.54, 1.807) is 4.57 Å². The second-order valence-electron chi connectivity index (χ2n) is 7.70. The summed E-state index contributed by atoms with van der Waals surface area (Å²) in [5.41, 5.74) is 0.700. The number of hydrogen-bond acceptors (Lipinski definition) is 5. The highest BCUT2D eigenvalue weighted by Gasteiger charge is 2.21. The Morgan fingerprint density at radius 2 is 1.86 bits per heavy atom. The van der Waals surface area contributed by atoms with Crippen LogP contribution in [0.25, 0.3) is 16.7 Å². The van der Waals surface area contributed by atoms with Gasteiger partial charge < -0.3 is 5.32 Å². The molecule has 0 aliphatic heterocycles. The van der Waals surface area contributed by atoms with E-state index in [4.69, 9.17) is 0 Å². The number of fused-ring (bicyclic) bond motifs is 3. The highest BCUT2D eigenvalue weighted by molar-refractivity contribution is 8.00. The summed E-state index contributed by atoms with van der Waals surface area (Å²) in [6.07, 6.45) is 0.871. The number of aryl methyl sites for hydroxylation is 1. The average Bonchev–Trinajstić information content (AvgIpc) is 3.04. The fourth-order valence-corrected chi connectivity index (χ4v) is 3.88. The molecule has 0 fully saturated rings. The highest BCUT2D eigenvalue weighted by atomic mass is 32.2. The Morgan fingerprint density at radius 3 is 2.54 bits per heavy atom. The zero-order valence-corrected chi connectivity index (χ0v) is 17.8. The van der Waals surface area contributed by atoms with E-state index in [2.05, 4.69) is 29.4 Å². The monoisotopic (exact) mass is 401 g/mol. The third-order valence-electron chi connectivity index (χ3n) is 4.49. The van der Waals surface area contributed by atoms with Crippen molar-refractivity contribution in [2.24, 2.45) is 5.92 Å². The van der Waals surface area contributed by atoms with Crippen molar-refractivity contribution in [3.8, 4) is 0 Å². The first-order valence-corrected chi connectivity index (χ1v) is 10.5. The molecule has 1 N–H and O–H groups in total. The van der Waals surface area contributed by atoms with Crippen LogP contribution in [0.4, 0.5) is 0 Å². The first-order valence-electron chi connectivity index (χ1n) is 9.63. The van der Waals surface area contributed by atoms with Gasteiger partial charge in [-0.25, -0.2) is 0 Å². The van der Waals surface area contributed by atoms with Crippen molar-refractivity contribution < 1.29 is 4.79 Å². The molecular weight excluding hydrogens is 374 g/mol. The number of para-hydroxylation sites is 1. The molecule has 3 aromatic rings. The van der Waals surface area contributed by atoms with E-state index in [9.17, 15) is 9.59 Å². The minimum Gasteiger partial charge on any atom is -0.353 e. The van der Waals surface area contributed by atoms with Gasteiger partial charge in [0.25, 0.3) is 5.56 Å². The van der Waals surface area contributed by atoms with Crippen LogP contribution in [0.5, 0.6) is 0 Å². The van der Waals surface area contributed by atoms with Crippen molar-refractivity contribution in [2.75, 3.05) is 0 Å². The van der Waals surface area contributed by atoms with Crippen molar-refractivity contribution in [3.63, 3.8) is 0 Å². The molecule has 0 unspecified atom stereocenters. The molecule has 0 saturated heterocycles. The van der Waals surface area contributed by atoms with Gasteiger partial charge >= 0.3 is 0 Å². The van der Waals surface area contributed by atoms with Gasteiger partial charge in [0.15, 0.2) is 5.16 Å². The van der Waals surface area contributed by atoms with E-state index in [0.717, 1.165) is 11.9 Å². The molecule has 0 aliphatic carbocycles. The van der Waals surface area contributed by atoms with Crippen LogP contribution in [0.2, 0.25) is 0 Å². The number of amides is 1. The van der Waals surface area contributed by atoms with E-state index in [1.807, 2.05) is 49.4 Å². The van der Waals surface area contributed by atoms with Crippen LogP contribution in [0.15, 0.2) is 34.2 Å². The van der Waals surface area contributed by atoms with E-state index in [1.165, 1.54) is 11.8 Å². The molecular formula is C20H27N5O2S. The molecule has 0 aliphatic rings. The Hall–Kier alpha value is -2.35. The molecule has 1 atom stereocenters. The van der Waals surface area contributed by atoms with E-state index in [-0.39, 0.29) is 22.8 Å². The van der Waals surface area contributed by atoms with Gasteiger partial charge in [0.05, 0.1) is 16.2 Å². The predicted molar refractivity (Wildman–Crippen MR) is 113 cm³/mol. The smallest absolute Gasteiger partial charge is 0.262 e. The summed E-state index contributed by atoms with van der Waals surface area (Å²) in [4.78, 5) is 25.4. The number of nitrogens with one attached hydrogen (secondary N) is 1. The van der Waals surface area contributed by atoms with Gasteiger partial charge in [-0.05, 0) is 45.2 Å². The normalized spacial score (nSPS) is 13.0. The number of thioether (sulfide) groups is 1. The van der Waals surface area contributed by atoms with Crippen LogP contribution in [-0.4, -0.2) is 36.4 Å². The predicted octanol–water partition coefficient (Wildman–Crippen LogP) is 3.10. The standard InChI is InChI=1S/C20H27N5O2S/c1-12(2)10-11-24-18(27)15-8-6-7-9-16(15)25-19(24)22-23-20(25)28-14(5)17(26)21-13(3)4/h6-9,12-14H,10-11H2,1-5H3,(H,21,26)/t14-/m1/s1. The average molecular weight is 402 g/mol. The van der Waals surface area contributed by atoms with Gasteiger partial charge in [0.2, 0.25) is 11.7 Å². The zero-order chi connectivity index (χ0) is 20.4. The lowest BCUT2D eigenvalue weighted by Gasteiger charge is -2.15. The Kier molecular flexibility index (Phi) is 6.07. The Morgan fingerprint density at radius 1 is 1.14 bits per heavy atom. The van der Waals surface area contributed by atoms with Gasteiger partial charge in [-0.15, -0.1) is 10.2 Å². The number of carbonyl (C=O) groups excluding carboxylic acids is 1. The molecule has 3 rings (SSSR count). The lowest BCUT2D eigenvalue weighted by molar-refractivity contribution is -0.120. The topological polar surface area (TPSA) is 81.3 Å². The maximum Gasteiger partial charge on any atom is 0.262 e. The second-order valence-corrected chi connectivity index (χ2v) is 9.01. The van der Waals surface area contributed by atoms with Crippen LogP contribution < -0.4 is 10.9 Å². The number of aromatic nitrogens is 4. The zero-order valence-electron chi connectivity index (χ0n) is 17.0. The van der Waals surface area contributed by atoms with Crippen LogP contribution in [0.1, 0.15) is 41.0 Å². The molecule has 0 bridgehead atoms. The lowest BCUT2D eigenvalue weighted by atomic mass is 10.1. The van der Waals surface area contributed by atoms with Gasteiger partial charge in [0, 0.05) is 12.6 Å². The SMILES string of the molecule is CC(C)CCn1c(=O)c2ccccc2n2c(S[C@H](C)C(=O)NC(C)C)nnc12. The quantitative estimate of drug-likeness (QED) is 0.615. The first-order chi connectivity index (χ1) is 13.3. The molecule has 1 amide bonds. The molecule has 2 aromatic heterocycles. The number of rotatable bonds is 7. The molecule has 0 saturated carbocycles. The third kappa shape index (κ3) is 4.06. The summed E-state index contributed by atoms with van der Waals surface area (Å²) in [5, 5.41) is 12.4. The molecule has 28 heavy (non-hydrogen) atoms. The summed E-state index contributed by atoms with van der Waals surface area (Å²) < 4.78 is 3.58. The van der Waals surface area contributed by atoms with Crippen LogP contribution in [0.3, 0.4) is 0 Å². The number of benzene rings is 1. The van der Waals surface area contributed by atoms with E-state index < -0.39 is 0 Å². The molecule has 0 radical (unpaired) electrons. The second kappa shape index (κ2) is 8.34. The largest absolute Gasteiger partial charge is 0.353 e. The van der Waals surface area contributed by atoms with Crippen LogP contribution in [0, 0.1) is 5.92 Å². The maximum atomic E-state index is 13.0. The van der Waals surface area contributed by atoms with Crippen LogP contribution in [-0.2, 0) is 11.3 Å². The Balaban J connectivity index is 2.11. The molecule has 7 nitrogen and oxygen atoms in total. The van der Waals surface area contributed by atoms with Gasteiger partial charge in [-0.1, -0.05) is 37.7 Å². The van der Waals surface area contributed by atoms with E-state index in [0.29, 0.717) is 28.8 Å². The fraction of sp³-hybridized carbons (Fsp3) is 0.500. The molecule has 150 valence electrons. The summed E-state index contributed by atoms with van der Waals surface area (Å²) >= 11 is 1.35. The number of carbonyl (C=O) groups is 1. The number of nitrogens with zero attached hydrogens (tertiary/aromatic N) is 4. The van der Waals surface area contributed by atoms with Crippen molar-refractivity contribution >= 4 is 34.3 Å². The van der Waals surface area contributed by atoms with Crippen LogP contribution >= 0.6 is 11.8 Å². The molecule has 1 aromatic carbocycles. The highest BCUT2D eigenvalue weighted by Crippen LogP contribution is 2.25. The summed E-state index contributed by atoms with van der Waals surface area (Å²) in [7, 11) is 0. The minimum atomic E-state index is -0.329. The summed E-state index contributed by atoms with van der Waals surface area (Å²) in [5.74, 6) is 0.937. The van der Waals surface area contributed by atoms with Crippen molar-refractivity contribution in [2.45, 2.75) is 64.0 Å². The molecule has 2 heterocycles. The van der Waals surface area contributed by atoms with Crippen molar-refractivity contribution in [1.29, 1.82) is 0 Å². The number of hydrogen-bond donors (Lipinski definition) is 1. The van der Waals surface area contributed by atoms with Crippen molar-refractivity contribution in [3.05, 3.63) is 34.6 Å². The molecule has 0 spiro atoms. The summed E-state index contributed by atoms with van der Waals surface area (Å²) in [6.45, 7) is 10.6. The van der Waals surface area contributed by atoms with Gasteiger partial charge in [0.1, 0.15) is 0 Å². The molecule has 8 heteroatoms.